The van der Waals surface area contributed by atoms with Crippen molar-refractivity contribution in [2.45, 2.75) is 26.4 Å². The van der Waals surface area contributed by atoms with Crippen LogP contribution in [0.4, 0.5) is 16.2 Å². The molecule has 23 heavy (non-hydrogen) atoms. The highest BCUT2D eigenvalue weighted by atomic mass is 16.6. The maximum Gasteiger partial charge on any atom is 0.410 e. The molecule has 0 unspecified atom stereocenters. The van der Waals surface area contributed by atoms with Crippen LogP contribution in [-0.2, 0) is 4.74 Å². The Morgan fingerprint density at radius 3 is 2.65 bits per heavy atom. The molecule has 1 aromatic rings. The number of nitrogens with one attached hydrogen (secondary N) is 1. The molecule has 0 radical (unpaired) electrons. The van der Waals surface area contributed by atoms with Crippen LogP contribution >= 0.6 is 0 Å². The Bertz CT molecular complexity index is 575. The molecule has 2 heterocycles. The van der Waals surface area contributed by atoms with Gasteiger partial charge in [-0.15, -0.1) is 0 Å². The predicted octanol–water partition coefficient (Wildman–Crippen LogP) is 2.55. The molecule has 1 amide bonds. The molecule has 1 fully saturated rings. The van der Waals surface area contributed by atoms with Gasteiger partial charge in [0.2, 0.25) is 0 Å². The van der Waals surface area contributed by atoms with E-state index in [0.717, 1.165) is 36.8 Å². The lowest BCUT2D eigenvalue weighted by Crippen LogP contribution is -2.50. The van der Waals surface area contributed by atoms with Crippen molar-refractivity contribution in [2.75, 3.05) is 49.5 Å². The maximum atomic E-state index is 12.1. The molecule has 0 aliphatic carbocycles. The number of rotatable bonds is 1. The number of ether oxygens (including phenoxy) is 2. The highest BCUT2D eigenvalue weighted by molar-refractivity contribution is 5.69. The molecule has 0 atom stereocenters. The van der Waals surface area contributed by atoms with Gasteiger partial charge in [-0.05, 0) is 39.0 Å². The van der Waals surface area contributed by atoms with E-state index in [1.54, 1.807) is 4.90 Å². The predicted molar refractivity (Wildman–Crippen MR) is 90.4 cm³/mol. The Hall–Kier alpha value is -2.11. The quantitative estimate of drug-likeness (QED) is 0.862. The molecule has 1 aromatic carbocycles. The van der Waals surface area contributed by atoms with Gasteiger partial charge in [-0.25, -0.2) is 4.79 Å². The molecule has 0 bridgehead atoms. The van der Waals surface area contributed by atoms with Crippen molar-refractivity contribution in [1.82, 2.24) is 4.90 Å². The first kappa shape index (κ1) is 15.8. The second kappa shape index (κ2) is 6.18. The van der Waals surface area contributed by atoms with Crippen LogP contribution in [0.2, 0.25) is 0 Å². The summed E-state index contributed by atoms with van der Waals surface area (Å²) in [6.07, 6.45) is -0.224. The summed E-state index contributed by atoms with van der Waals surface area (Å²) in [6.45, 7) is 10.2. The Labute approximate surface area is 137 Å². The number of carbonyl (C=O) groups excluding carboxylic acids is 1. The number of hydrogen-bond donors (Lipinski definition) is 1. The van der Waals surface area contributed by atoms with Gasteiger partial charge in [0.25, 0.3) is 0 Å². The van der Waals surface area contributed by atoms with Crippen LogP contribution in [0.5, 0.6) is 5.75 Å². The standard InChI is InChI=1S/C17H25N3O3/c1-17(2,3)23-16(21)20-9-7-19(8-10-20)13-4-5-15-14(12-13)18-6-11-22-15/h4-5,12,18H,6-11H2,1-3H3. The minimum atomic E-state index is -0.446. The lowest BCUT2D eigenvalue weighted by molar-refractivity contribution is 0.0240. The van der Waals surface area contributed by atoms with Crippen LogP contribution in [-0.4, -0.2) is 55.9 Å². The van der Waals surface area contributed by atoms with E-state index >= 15 is 0 Å². The SMILES string of the molecule is CC(C)(C)OC(=O)N1CCN(c2ccc3c(c2)NCCO3)CC1. The first-order valence-corrected chi connectivity index (χ1v) is 8.16. The number of nitrogens with zero attached hydrogens (tertiary/aromatic N) is 2. The second-order valence-corrected chi connectivity index (χ2v) is 6.91. The van der Waals surface area contributed by atoms with E-state index < -0.39 is 5.60 Å². The molecule has 1 saturated heterocycles. The van der Waals surface area contributed by atoms with E-state index in [1.165, 1.54) is 0 Å². The van der Waals surface area contributed by atoms with Crippen molar-refractivity contribution >= 4 is 17.5 Å². The molecular weight excluding hydrogens is 294 g/mol. The smallest absolute Gasteiger partial charge is 0.410 e. The van der Waals surface area contributed by atoms with Crippen molar-refractivity contribution < 1.29 is 14.3 Å². The van der Waals surface area contributed by atoms with Gasteiger partial charge in [-0.1, -0.05) is 0 Å². The highest BCUT2D eigenvalue weighted by Crippen LogP contribution is 2.32. The minimum absolute atomic E-state index is 0.224. The molecule has 6 nitrogen and oxygen atoms in total. The number of fused-ring (bicyclic) bond motifs is 1. The Balaban J connectivity index is 1.60. The monoisotopic (exact) mass is 319 g/mol. The summed E-state index contributed by atoms with van der Waals surface area (Å²) in [5, 5.41) is 3.36. The fraction of sp³-hybridized carbons (Fsp3) is 0.588. The third kappa shape index (κ3) is 3.81. The molecule has 126 valence electrons. The molecule has 0 saturated carbocycles. The van der Waals surface area contributed by atoms with Crippen molar-refractivity contribution in [2.24, 2.45) is 0 Å². The molecular formula is C17H25N3O3. The van der Waals surface area contributed by atoms with Gasteiger partial charge >= 0.3 is 6.09 Å². The third-order valence-electron chi connectivity index (χ3n) is 3.93. The average Bonchev–Trinajstić information content (AvgIpc) is 2.53. The summed E-state index contributed by atoms with van der Waals surface area (Å²) < 4.78 is 11.0. The van der Waals surface area contributed by atoms with E-state index in [0.29, 0.717) is 19.7 Å². The zero-order valence-electron chi connectivity index (χ0n) is 14.1. The summed E-state index contributed by atoms with van der Waals surface area (Å²) in [4.78, 5) is 16.2. The molecule has 1 N–H and O–H groups in total. The van der Waals surface area contributed by atoms with Gasteiger partial charge in [0, 0.05) is 38.4 Å². The van der Waals surface area contributed by atoms with Crippen molar-refractivity contribution in [3.63, 3.8) is 0 Å². The van der Waals surface area contributed by atoms with Crippen LogP contribution < -0.4 is 15.0 Å². The fourth-order valence-corrected chi connectivity index (χ4v) is 2.80. The van der Waals surface area contributed by atoms with Gasteiger partial charge in [0.05, 0.1) is 5.69 Å². The average molecular weight is 319 g/mol. The van der Waals surface area contributed by atoms with Gasteiger partial charge in [0.15, 0.2) is 0 Å². The fourth-order valence-electron chi connectivity index (χ4n) is 2.80. The topological polar surface area (TPSA) is 54.0 Å². The second-order valence-electron chi connectivity index (χ2n) is 6.91. The van der Waals surface area contributed by atoms with E-state index in [1.807, 2.05) is 26.8 Å². The molecule has 6 heteroatoms. The maximum absolute atomic E-state index is 12.1. The van der Waals surface area contributed by atoms with E-state index in [2.05, 4.69) is 22.3 Å². The van der Waals surface area contributed by atoms with Crippen LogP contribution in [0.25, 0.3) is 0 Å². The van der Waals surface area contributed by atoms with Crippen molar-refractivity contribution in [1.29, 1.82) is 0 Å². The van der Waals surface area contributed by atoms with Gasteiger partial charge in [0.1, 0.15) is 18.0 Å². The highest BCUT2D eigenvalue weighted by Gasteiger charge is 2.26. The van der Waals surface area contributed by atoms with Gasteiger partial charge in [-0.3, -0.25) is 0 Å². The molecule has 2 aliphatic rings. The third-order valence-corrected chi connectivity index (χ3v) is 3.93. The summed E-state index contributed by atoms with van der Waals surface area (Å²) in [5.41, 5.74) is 1.76. The lowest BCUT2D eigenvalue weighted by atomic mass is 10.2. The van der Waals surface area contributed by atoms with Crippen LogP contribution in [0.1, 0.15) is 20.8 Å². The summed E-state index contributed by atoms with van der Waals surface area (Å²) >= 11 is 0. The Morgan fingerprint density at radius 1 is 1.22 bits per heavy atom. The lowest BCUT2D eigenvalue weighted by Gasteiger charge is -2.37. The van der Waals surface area contributed by atoms with E-state index in [9.17, 15) is 4.79 Å². The number of hydrogen-bond acceptors (Lipinski definition) is 5. The van der Waals surface area contributed by atoms with Crippen molar-refractivity contribution in [3.8, 4) is 5.75 Å². The summed E-state index contributed by atoms with van der Waals surface area (Å²) in [6, 6.07) is 6.21. The number of amides is 1. The summed E-state index contributed by atoms with van der Waals surface area (Å²) in [7, 11) is 0. The largest absolute Gasteiger partial charge is 0.490 e. The van der Waals surface area contributed by atoms with Gasteiger partial charge in [-0.2, -0.15) is 0 Å². The first-order valence-electron chi connectivity index (χ1n) is 8.16. The van der Waals surface area contributed by atoms with E-state index in [-0.39, 0.29) is 6.09 Å². The number of piperazine rings is 1. The molecule has 3 rings (SSSR count). The van der Waals surface area contributed by atoms with Gasteiger partial charge < -0.3 is 24.6 Å². The molecule has 0 aromatic heterocycles. The minimum Gasteiger partial charge on any atom is -0.490 e. The van der Waals surface area contributed by atoms with Crippen LogP contribution in [0, 0.1) is 0 Å². The summed E-state index contributed by atoms with van der Waals surface area (Å²) in [5.74, 6) is 0.910. The normalized spacial score (nSPS) is 17.9. The molecule has 2 aliphatic heterocycles. The zero-order chi connectivity index (χ0) is 16.4. The Morgan fingerprint density at radius 2 is 1.96 bits per heavy atom. The van der Waals surface area contributed by atoms with Crippen LogP contribution in [0.3, 0.4) is 0 Å². The number of benzene rings is 1. The Kier molecular flexibility index (Phi) is 4.24. The van der Waals surface area contributed by atoms with Crippen molar-refractivity contribution in [3.05, 3.63) is 18.2 Å². The first-order chi connectivity index (χ1) is 10.9. The van der Waals surface area contributed by atoms with Crippen LogP contribution in [0.15, 0.2) is 18.2 Å². The number of anilines is 2. The zero-order valence-corrected chi connectivity index (χ0v) is 14.1. The number of carbonyl (C=O) groups is 1. The molecule has 0 spiro atoms. The van der Waals surface area contributed by atoms with E-state index in [4.69, 9.17) is 9.47 Å².